The van der Waals surface area contributed by atoms with E-state index in [9.17, 15) is 10.1 Å². The van der Waals surface area contributed by atoms with Gasteiger partial charge in [-0.25, -0.2) is 0 Å². The van der Waals surface area contributed by atoms with Gasteiger partial charge in [0.05, 0.1) is 4.92 Å². The molecule has 1 rings (SSSR count). The van der Waals surface area contributed by atoms with Crippen LogP contribution in [0.2, 0.25) is 0 Å². The van der Waals surface area contributed by atoms with Crippen LogP contribution in [0, 0.1) is 10.1 Å². The molecule has 1 aromatic rings. The summed E-state index contributed by atoms with van der Waals surface area (Å²) in [6, 6.07) is 6.60. The molecule has 15 heavy (non-hydrogen) atoms. The highest BCUT2D eigenvalue weighted by molar-refractivity contribution is 5.45. The zero-order chi connectivity index (χ0) is 11.6. The van der Waals surface area contributed by atoms with Gasteiger partial charge in [-0.05, 0) is 6.92 Å². The molecule has 0 spiro atoms. The van der Waals surface area contributed by atoms with E-state index in [-0.39, 0.29) is 16.7 Å². The minimum Gasteiger partial charge on any atom is -0.327 e. The van der Waals surface area contributed by atoms with Gasteiger partial charge < -0.3 is 5.73 Å². The summed E-state index contributed by atoms with van der Waals surface area (Å²) < 4.78 is 0. The van der Waals surface area contributed by atoms with E-state index in [4.69, 9.17) is 5.73 Å². The number of benzene rings is 1. The second kappa shape index (κ2) is 3.98. The first-order valence-electron chi connectivity index (χ1n) is 4.87. The van der Waals surface area contributed by atoms with E-state index < -0.39 is 5.41 Å². The molecule has 0 aliphatic carbocycles. The lowest BCUT2D eigenvalue weighted by Gasteiger charge is -2.28. The summed E-state index contributed by atoms with van der Waals surface area (Å²) in [5, 5.41) is 10.9. The number of hydrogen-bond donors (Lipinski definition) is 1. The quantitative estimate of drug-likeness (QED) is 0.611. The van der Waals surface area contributed by atoms with Gasteiger partial charge in [-0.2, -0.15) is 0 Å². The van der Waals surface area contributed by atoms with Crippen molar-refractivity contribution in [3.63, 3.8) is 0 Å². The van der Waals surface area contributed by atoms with Gasteiger partial charge in [0.1, 0.15) is 0 Å². The average molecular weight is 208 g/mol. The van der Waals surface area contributed by atoms with Gasteiger partial charge in [0.2, 0.25) is 0 Å². The molecule has 0 saturated carbocycles. The number of rotatable bonds is 3. The monoisotopic (exact) mass is 208 g/mol. The van der Waals surface area contributed by atoms with Crippen LogP contribution in [0.15, 0.2) is 24.3 Å². The number of para-hydroxylation sites is 1. The topological polar surface area (TPSA) is 69.2 Å². The Hall–Kier alpha value is -1.42. The number of nitro groups is 1. The molecular formula is C11H16N2O2. The third-order valence-corrected chi connectivity index (χ3v) is 2.93. The Bertz CT molecular complexity index is 373. The third-order valence-electron chi connectivity index (χ3n) is 2.93. The second-order valence-corrected chi connectivity index (χ2v) is 4.28. The summed E-state index contributed by atoms with van der Waals surface area (Å²) in [6.45, 7) is 5.69. The maximum atomic E-state index is 10.9. The van der Waals surface area contributed by atoms with Gasteiger partial charge in [-0.15, -0.1) is 0 Å². The van der Waals surface area contributed by atoms with E-state index in [0.717, 1.165) is 0 Å². The van der Waals surface area contributed by atoms with Crippen molar-refractivity contribution >= 4 is 5.69 Å². The van der Waals surface area contributed by atoms with Gasteiger partial charge >= 0.3 is 0 Å². The summed E-state index contributed by atoms with van der Waals surface area (Å²) in [6.07, 6.45) is 0. The molecule has 0 bridgehead atoms. The van der Waals surface area contributed by atoms with Crippen molar-refractivity contribution in [1.29, 1.82) is 0 Å². The Kier molecular flexibility index (Phi) is 3.09. The Morgan fingerprint density at radius 3 is 2.40 bits per heavy atom. The molecule has 0 amide bonds. The van der Waals surface area contributed by atoms with Crippen molar-refractivity contribution in [2.24, 2.45) is 5.73 Å². The van der Waals surface area contributed by atoms with Gasteiger partial charge in [-0.3, -0.25) is 10.1 Å². The first-order valence-corrected chi connectivity index (χ1v) is 4.87. The molecule has 0 heterocycles. The zero-order valence-electron chi connectivity index (χ0n) is 9.23. The van der Waals surface area contributed by atoms with Crippen LogP contribution in [-0.4, -0.2) is 11.0 Å². The van der Waals surface area contributed by atoms with Crippen molar-refractivity contribution < 1.29 is 4.92 Å². The fraction of sp³-hybridized carbons (Fsp3) is 0.455. The van der Waals surface area contributed by atoms with Crippen LogP contribution in [0.5, 0.6) is 0 Å². The summed E-state index contributed by atoms with van der Waals surface area (Å²) in [5.41, 5.74) is 6.27. The normalized spacial score (nSPS) is 13.6. The van der Waals surface area contributed by atoms with Crippen molar-refractivity contribution in [3.8, 4) is 0 Å². The lowest BCUT2D eigenvalue weighted by molar-refractivity contribution is -0.386. The molecule has 0 saturated heterocycles. The third kappa shape index (κ3) is 2.15. The van der Waals surface area contributed by atoms with E-state index in [2.05, 4.69) is 0 Å². The van der Waals surface area contributed by atoms with E-state index in [1.54, 1.807) is 18.2 Å². The number of hydrogen-bond acceptors (Lipinski definition) is 3. The van der Waals surface area contributed by atoms with Gasteiger partial charge in [0.15, 0.2) is 0 Å². The zero-order valence-corrected chi connectivity index (χ0v) is 9.23. The number of nitro benzene ring substituents is 1. The maximum absolute atomic E-state index is 10.9. The van der Waals surface area contributed by atoms with Crippen LogP contribution in [0.3, 0.4) is 0 Å². The van der Waals surface area contributed by atoms with E-state index in [1.807, 2.05) is 20.8 Å². The summed E-state index contributed by atoms with van der Waals surface area (Å²) in [7, 11) is 0. The molecule has 4 heteroatoms. The van der Waals surface area contributed by atoms with Crippen LogP contribution < -0.4 is 5.73 Å². The predicted octanol–water partition coefficient (Wildman–Crippen LogP) is 2.22. The fourth-order valence-electron chi connectivity index (χ4n) is 1.42. The van der Waals surface area contributed by atoms with E-state index >= 15 is 0 Å². The number of nitrogens with two attached hydrogens (primary N) is 1. The van der Waals surface area contributed by atoms with Gasteiger partial charge in [0.25, 0.3) is 5.69 Å². The fourth-order valence-corrected chi connectivity index (χ4v) is 1.42. The van der Waals surface area contributed by atoms with Crippen LogP contribution in [0.1, 0.15) is 26.3 Å². The van der Waals surface area contributed by atoms with Crippen LogP contribution in [0.4, 0.5) is 5.69 Å². The van der Waals surface area contributed by atoms with E-state index in [1.165, 1.54) is 6.07 Å². The molecule has 0 aliphatic rings. The minimum absolute atomic E-state index is 0.139. The van der Waals surface area contributed by atoms with Gasteiger partial charge in [-0.1, -0.05) is 32.0 Å². The molecule has 0 fully saturated rings. The lowest BCUT2D eigenvalue weighted by Crippen LogP contribution is -2.38. The summed E-state index contributed by atoms with van der Waals surface area (Å²) in [4.78, 5) is 10.5. The SMILES string of the molecule is CC(N)C(C)(C)c1ccccc1[N+](=O)[O-]. The Morgan fingerprint density at radius 2 is 1.93 bits per heavy atom. The average Bonchev–Trinajstić information content (AvgIpc) is 2.17. The van der Waals surface area contributed by atoms with Crippen LogP contribution >= 0.6 is 0 Å². The maximum Gasteiger partial charge on any atom is 0.273 e. The first-order chi connectivity index (χ1) is 6.87. The van der Waals surface area contributed by atoms with E-state index in [0.29, 0.717) is 5.56 Å². The van der Waals surface area contributed by atoms with Crippen LogP contribution in [0.25, 0.3) is 0 Å². The molecule has 2 N–H and O–H groups in total. The molecule has 1 atom stereocenters. The van der Waals surface area contributed by atoms with Gasteiger partial charge in [0, 0.05) is 23.1 Å². The van der Waals surface area contributed by atoms with Crippen LogP contribution in [-0.2, 0) is 5.41 Å². The molecule has 0 radical (unpaired) electrons. The smallest absolute Gasteiger partial charge is 0.273 e. The highest BCUT2D eigenvalue weighted by Gasteiger charge is 2.31. The Labute approximate surface area is 89.2 Å². The molecule has 1 aromatic carbocycles. The number of nitrogens with zero attached hydrogens (tertiary/aromatic N) is 1. The molecule has 4 nitrogen and oxygen atoms in total. The summed E-state index contributed by atoms with van der Waals surface area (Å²) >= 11 is 0. The minimum atomic E-state index is -0.399. The molecule has 1 unspecified atom stereocenters. The first kappa shape index (κ1) is 11.7. The Morgan fingerprint density at radius 1 is 1.40 bits per heavy atom. The van der Waals surface area contributed by atoms with Crippen molar-refractivity contribution in [1.82, 2.24) is 0 Å². The lowest BCUT2D eigenvalue weighted by atomic mass is 9.78. The molecule has 0 aromatic heterocycles. The second-order valence-electron chi connectivity index (χ2n) is 4.28. The largest absolute Gasteiger partial charge is 0.327 e. The highest BCUT2D eigenvalue weighted by Crippen LogP contribution is 2.32. The molecule has 82 valence electrons. The van der Waals surface area contributed by atoms with Crippen molar-refractivity contribution in [3.05, 3.63) is 39.9 Å². The van der Waals surface area contributed by atoms with Crippen molar-refractivity contribution in [2.75, 3.05) is 0 Å². The summed E-state index contributed by atoms with van der Waals surface area (Å²) in [5.74, 6) is 0. The Balaban J connectivity index is 3.31. The molecule has 0 aliphatic heterocycles. The predicted molar refractivity (Wildman–Crippen MR) is 59.8 cm³/mol. The molecular weight excluding hydrogens is 192 g/mol. The van der Waals surface area contributed by atoms with Crippen molar-refractivity contribution in [2.45, 2.75) is 32.2 Å². The highest BCUT2D eigenvalue weighted by atomic mass is 16.6. The standard InChI is InChI=1S/C11H16N2O2/c1-8(12)11(2,3)9-6-4-5-7-10(9)13(14)15/h4-8H,12H2,1-3H3.